The van der Waals surface area contributed by atoms with Crippen molar-refractivity contribution in [3.63, 3.8) is 0 Å². The van der Waals surface area contributed by atoms with Crippen molar-refractivity contribution in [1.82, 2.24) is 0 Å². The number of hydrogen-bond acceptors (Lipinski definition) is 5. The summed E-state index contributed by atoms with van der Waals surface area (Å²) in [6, 6.07) is 12.7. The molecular formula is C19H18O5. The first-order chi connectivity index (χ1) is 11.7. The lowest BCUT2D eigenvalue weighted by molar-refractivity contribution is 0.0528. The number of fused-ring (bicyclic) bond motifs is 1. The van der Waals surface area contributed by atoms with Crippen LogP contribution in [-0.2, 0) is 4.74 Å². The molecule has 0 aliphatic heterocycles. The predicted octanol–water partition coefficient (Wildman–Crippen LogP) is 4.29. The van der Waals surface area contributed by atoms with Crippen LogP contribution in [0.2, 0.25) is 0 Å². The molecule has 0 amide bonds. The summed E-state index contributed by atoms with van der Waals surface area (Å²) in [7, 11) is 3.16. The smallest absolute Gasteiger partial charge is 0.342 e. The maximum Gasteiger partial charge on any atom is 0.342 e. The third kappa shape index (κ3) is 2.69. The average Bonchev–Trinajstić information content (AvgIpc) is 3.00. The Morgan fingerprint density at radius 3 is 2.58 bits per heavy atom. The Balaban J connectivity index is 2.29. The molecule has 5 heteroatoms. The molecule has 0 saturated carbocycles. The molecular weight excluding hydrogens is 308 g/mol. The average molecular weight is 326 g/mol. The fourth-order valence-corrected chi connectivity index (χ4v) is 2.63. The first-order valence-electron chi connectivity index (χ1n) is 7.60. The van der Waals surface area contributed by atoms with E-state index in [0.29, 0.717) is 39.4 Å². The van der Waals surface area contributed by atoms with Crippen LogP contribution in [0.3, 0.4) is 0 Å². The molecule has 24 heavy (non-hydrogen) atoms. The molecule has 0 bridgehead atoms. The number of esters is 1. The van der Waals surface area contributed by atoms with Gasteiger partial charge in [-0.2, -0.15) is 0 Å². The lowest BCUT2D eigenvalue weighted by atomic mass is 10.0. The number of methoxy groups -OCH3 is 2. The highest BCUT2D eigenvalue weighted by molar-refractivity contribution is 6.09. The van der Waals surface area contributed by atoms with E-state index in [2.05, 4.69) is 0 Å². The van der Waals surface area contributed by atoms with Crippen LogP contribution in [-0.4, -0.2) is 26.8 Å². The van der Waals surface area contributed by atoms with Crippen LogP contribution in [0.4, 0.5) is 0 Å². The van der Waals surface area contributed by atoms with E-state index in [4.69, 9.17) is 18.6 Å². The number of rotatable bonds is 5. The third-order valence-corrected chi connectivity index (χ3v) is 3.73. The van der Waals surface area contributed by atoms with Gasteiger partial charge < -0.3 is 18.6 Å². The molecule has 0 radical (unpaired) electrons. The summed E-state index contributed by atoms with van der Waals surface area (Å²) < 4.78 is 21.8. The molecule has 0 N–H and O–H groups in total. The number of ether oxygens (including phenoxy) is 3. The molecule has 124 valence electrons. The number of para-hydroxylation sites is 1. The predicted molar refractivity (Wildman–Crippen MR) is 90.7 cm³/mol. The maximum atomic E-state index is 12.5. The van der Waals surface area contributed by atoms with E-state index < -0.39 is 5.97 Å². The Morgan fingerprint density at radius 2 is 1.88 bits per heavy atom. The van der Waals surface area contributed by atoms with Crippen LogP contribution in [0.15, 0.2) is 46.9 Å². The van der Waals surface area contributed by atoms with Gasteiger partial charge in [-0.1, -0.05) is 12.1 Å². The van der Waals surface area contributed by atoms with Crippen molar-refractivity contribution in [3.8, 4) is 22.8 Å². The standard InChI is InChI=1S/C19H18O5/c1-4-23-19(20)17-13-10-9-12(21-2)11-16(13)24-18(17)14-7-5-6-8-15(14)22-3/h5-11H,4H2,1-3H3. The van der Waals surface area contributed by atoms with E-state index in [-0.39, 0.29) is 6.61 Å². The Hall–Kier alpha value is -2.95. The summed E-state index contributed by atoms with van der Waals surface area (Å²) in [6.45, 7) is 2.05. The van der Waals surface area contributed by atoms with Gasteiger partial charge in [0.25, 0.3) is 0 Å². The molecule has 1 aromatic heterocycles. The Kier molecular flexibility index (Phi) is 4.42. The van der Waals surface area contributed by atoms with Crippen LogP contribution < -0.4 is 9.47 Å². The normalized spacial score (nSPS) is 10.6. The lowest BCUT2D eigenvalue weighted by Gasteiger charge is -2.07. The summed E-state index contributed by atoms with van der Waals surface area (Å²) >= 11 is 0. The zero-order valence-electron chi connectivity index (χ0n) is 13.8. The minimum absolute atomic E-state index is 0.285. The SMILES string of the molecule is CCOC(=O)c1c(-c2ccccc2OC)oc2cc(OC)ccc12. The van der Waals surface area contributed by atoms with Crippen molar-refractivity contribution in [2.75, 3.05) is 20.8 Å². The fourth-order valence-electron chi connectivity index (χ4n) is 2.63. The molecule has 3 rings (SSSR count). The van der Waals surface area contributed by atoms with Gasteiger partial charge in [-0.3, -0.25) is 0 Å². The summed E-state index contributed by atoms with van der Waals surface area (Å²) in [5.74, 6) is 1.27. The highest BCUT2D eigenvalue weighted by Gasteiger charge is 2.25. The molecule has 3 aromatic rings. The number of carbonyl (C=O) groups is 1. The molecule has 2 aromatic carbocycles. The maximum absolute atomic E-state index is 12.5. The first kappa shape index (κ1) is 15.9. The topological polar surface area (TPSA) is 57.9 Å². The Labute approximate surface area is 139 Å². The zero-order valence-corrected chi connectivity index (χ0v) is 13.8. The van der Waals surface area contributed by atoms with Crippen molar-refractivity contribution in [3.05, 3.63) is 48.0 Å². The van der Waals surface area contributed by atoms with Crippen LogP contribution in [0.5, 0.6) is 11.5 Å². The van der Waals surface area contributed by atoms with Gasteiger partial charge in [-0.05, 0) is 31.2 Å². The van der Waals surface area contributed by atoms with Crippen LogP contribution >= 0.6 is 0 Å². The van der Waals surface area contributed by atoms with Gasteiger partial charge in [0.1, 0.15) is 22.6 Å². The molecule has 0 unspecified atom stereocenters. The van der Waals surface area contributed by atoms with E-state index in [9.17, 15) is 4.79 Å². The number of benzene rings is 2. The highest BCUT2D eigenvalue weighted by Crippen LogP contribution is 2.39. The van der Waals surface area contributed by atoms with E-state index >= 15 is 0 Å². The fraction of sp³-hybridized carbons (Fsp3) is 0.211. The van der Waals surface area contributed by atoms with Crippen molar-refractivity contribution in [2.24, 2.45) is 0 Å². The molecule has 0 aliphatic rings. The quantitative estimate of drug-likeness (QED) is 0.655. The first-order valence-corrected chi connectivity index (χ1v) is 7.60. The summed E-state index contributed by atoms with van der Waals surface area (Å²) in [6.07, 6.45) is 0. The molecule has 1 heterocycles. The van der Waals surface area contributed by atoms with Gasteiger partial charge in [-0.25, -0.2) is 4.79 Å². The van der Waals surface area contributed by atoms with Crippen molar-refractivity contribution >= 4 is 16.9 Å². The molecule has 0 spiro atoms. The minimum Gasteiger partial charge on any atom is -0.497 e. The molecule has 0 aliphatic carbocycles. The van der Waals surface area contributed by atoms with E-state index in [1.807, 2.05) is 24.3 Å². The van der Waals surface area contributed by atoms with Gasteiger partial charge in [0.15, 0.2) is 5.76 Å². The number of furan rings is 1. The minimum atomic E-state index is -0.428. The molecule has 0 saturated heterocycles. The Bertz CT molecular complexity index is 879. The summed E-state index contributed by atoms with van der Waals surface area (Å²) in [5.41, 5.74) is 1.63. The van der Waals surface area contributed by atoms with Crippen molar-refractivity contribution in [1.29, 1.82) is 0 Å². The second-order valence-electron chi connectivity index (χ2n) is 5.09. The monoisotopic (exact) mass is 326 g/mol. The largest absolute Gasteiger partial charge is 0.497 e. The second-order valence-corrected chi connectivity index (χ2v) is 5.09. The molecule has 5 nitrogen and oxygen atoms in total. The summed E-state index contributed by atoms with van der Waals surface area (Å²) in [4.78, 5) is 12.5. The van der Waals surface area contributed by atoms with Gasteiger partial charge in [-0.15, -0.1) is 0 Å². The third-order valence-electron chi connectivity index (χ3n) is 3.73. The van der Waals surface area contributed by atoms with Crippen LogP contribution in [0.25, 0.3) is 22.3 Å². The molecule has 0 atom stereocenters. The number of hydrogen-bond donors (Lipinski definition) is 0. The summed E-state index contributed by atoms with van der Waals surface area (Å²) in [5, 5.41) is 0.676. The van der Waals surface area contributed by atoms with Crippen LogP contribution in [0.1, 0.15) is 17.3 Å². The van der Waals surface area contributed by atoms with Crippen LogP contribution in [0, 0.1) is 0 Å². The zero-order chi connectivity index (χ0) is 17.1. The molecule has 0 fully saturated rings. The highest BCUT2D eigenvalue weighted by atomic mass is 16.5. The van der Waals surface area contributed by atoms with Crippen molar-refractivity contribution in [2.45, 2.75) is 6.92 Å². The van der Waals surface area contributed by atoms with Gasteiger partial charge in [0, 0.05) is 11.5 Å². The number of carbonyl (C=O) groups excluding carboxylic acids is 1. The Morgan fingerprint density at radius 1 is 1.08 bits per heavy atom. The second kappa shape index (κ2) is 6.66. The van der Waals surface area contributed by atoms with Crippen molar-refractivity contribution < 1.29 is 23.4 Å². The van der Waals surface area contributed by atoms with Gasteiger partial charge in [0.05, 0.1) is 26.4 Å². The lowest BCUT2D eigenvalue weighted by Crippen LogP contribution is -2.05. The van der Waals surface area contributed by atoms with E-state index in [1.54, 1.807) is 39.3 Å². The van der Waals surface area contributed by atoms with E-state index in [1.165, 1.54) is 0 Å². The van der Waals surface area contributed by atoms with Gasteiger partial charge in [0.2, 0.25) is 0 Å². The van der Waals surface area contributed by atoms with Gasteiger partial charge >= 0.3 is 5.97 Å². The van der Waals surface area contributed by atoms with E-state index in [0.717, 1.165) is 0 Å².